The van der Waals surface area contributed by atoms with Gasteiger partial charge in [0.25, 0.3) is 5.91 Å². The van der Waals surface area contributed by atoms with Crippen LogP contribution in [0.3, 0.4) is 0 Å². The molecule has 0 radical (unpaired) electrons. The van der Waals surface area contributed by atoms with Gasteiger partial charge in [0.05, 0.1) is 22.9 Å². The van der Waals surface area contributed by atoms with Crippen LogP contribution in [0.4, 0.5) is 5.13 Å². The van der Waals surface area contributed by atoms with E-state index in [0.29, 0.717) is 22.2 Å². The monoisotopic (exact) mass is 379 g/mol. The molecule has 0 aliphatic carbocycles. The second-order valence-electron chi connectivity index (χ2n) is 5.97. The molecular weight excluding hydrogens is 362 g/mol. The van der Waals surface area contributed by atoms with E-state index in [0.717, 1.165) is 0 Å². The number of aliphatic carboxylic acids is 1. The summed E-state index contributed by atoms with van der Waals surface area (Å²) >= 11 is 2.61. The highest BCUT2D eigenvalue weighted by atomic mass is 32.1. The molecule has 0 unspecified atom stereocenters. The molecular formula is C16H17N3O4S2. The zero-order valence-corrected chi connectivity index (χ0v) is 15.1. The molecule has 1 aliphatic heterocycles. The molecule has 0 saturated carbocycles. The molecule has 1 saturated heterocycles. The molecule has 0 spiro atoms. The van der Waals surface area contributed by atoms with Crippen molar-refractivity contribution in [2.24, 2.45) is 11.8 Å². The highest BCUT2D eigenvalue weighted by molar-refractivity contribution is 7.14. The van der Waals surface area contributed by atoms with Gasteiger partial charge in [-0.1, -0.05) is 13.0 Å². The molecule has 3 heterocycles. The summed E-state index contributed by atoms with van der Waals surface area (Å²) in [6.45, 7) is 2.52. The van der Waals surface area contributed by atoms with E-state index < -0.39 is 11.9 Å². The Morgan fingerprint density at radius 3 is 2.80 bits per heavy atom. The molecule has 0 aromatic carbocycles. The second kappa shape index (κ2) is 7.32. The molecule has 2 N–H and O–H groups in total. The Labute approximate surface area is 152 Å². The smallest absolute Gasteiger partial charge is 0.308 e. The number of hydrogen-bond acceptors (Lipinski definition) is 6. The van der Waals surface area contributed by atoms with Gasteiger partial charge in [-0.15, -0.1) is 22.7 Å². The van der Waals surface area contributed by atoms with Crippen molar-refractivity contribution in [2.45, 2.75) is 13.3 Å². The van der Waals surface area contributed by atoms with E-state index in [2.05, 4.69) is 10.3 Å². The maximum atomic E-state index is 12.4. The number of thiophene rings is 1. The van der Waals surface area contributed by atoms with Gasteiger partial charge < -0.3 is 10.0 Å². The van der Waals surface area contributed by atoms with Gasteiger partial charge in [0.15, 0.2) is 5.13 Å². The van der Waals surface area contributed by atoms with Crippen molar-refractivity contribution in [1.82, 2.24) is 9.88 Å². The number of carbonyl (C=O) groups is 3. The number of thiazole rings is 1. The van der Waals surface area contributed by atoms with Crippen molar-refractivity contribution in [2.75, 3.05) is 18.4 Å². The van der Waals surface area contributed by atoms with Crippen LogP contribution in [-0.4, -0.2) is 45.9 Å². The van der Waals surface area contributed by atoms with Gasteiger partial charge in [-0.05, 0) is 17.4 Å². The largest absolute Gasteiger partial charge is 0.481 e. The standard InChI is InChI=1S/C16H17N3O4S2/c1-9-6-19(7-11(9)15(22)23)13(20)5-10-8-25-16(17-10)18-14(21)12-3-2-4-24-12/h2-4,8-9,11H,5-7H2,1H3,(H,22,23)(H,17,18,21)/t9-,11-/m1/s1. The van der Waals surface area contributed by atoms with Crippen molar-refractivity contribution in [1.29, 1.82) is 0 Å². The first kappa shape index (κ1) is 17.6. The fourth-order valence-corrected chi connectivity index (χ4v) is 4.09. The van der Waals surface area contributed by atoms with E-state index in [1.54, 1.807) is 22.4 Å². The van der Waals surface area contributed by atoms with E-state index >= 15 is 0 Å². The van der Waals surface area contributed by atoms with Crippen LogP contribution < -0.4 is 5.32 Å². The Bertz CT molecular complexity index is 787. The minimum atomic E-state index is -0.866. The molecule has 2 aromatic heterocycles. The SMILES string of the molecule is C[C@@H]1CN(C(=O)Cc2csc(NC(=O)c3cccs3)n2)C[C@H]1C(=O)O. The van der Waals surface area contributed by atoms with Gasteiger partial charge in [-0.3, -0.25) is 19.7 Å². The third-order valence-corrected chi connectivity index (χ3v) is 5.81. The summed E-state index contributed by atoms with van der Waals surface area (Å²) in [5.41, 5.74) is 0.572. The Morgan fingerprint density at radius 1 is 1.36 bits per heavy atom. The highest BCUT2D eigenvalue weighted by Gasteiger charge is 2.36. The molecule has 1 fully saturated rings. The number of anilines is 1. The number of carboxylic acid groups (broad SMARTS) is 1. The number of amides is 2. The summed E-state index contributed by atoms with van der Waals surface area (Å²) in [6, 6.07) is 3.53. The van der Waals surface area contributed by atoms with E-state index in [-0.39, 0.29) is 30.7 Å². The Balaban J connectivity index is 1.57. The van der Waals surface area contributed by atoms with Crippen molar-refractivity contribution in [3.63, 3.8) is 0 Å². The Kier molecular flexibility index (Phi) is 5.14. The third kappa shape index (κ3) is 4.05. The molecule has 2 aromatic rings. The van der Waals surface area contributed by atoms with Crippen LogP contribution in [0.1, 0.15) is 22.3 Å². The zero-order valence-electron chi connectivity index (χ0n) is 13.5. The molecule has 3 rings (SSSR count). The number of likely N-dealkylation sites (tertiary alicyclic amines) is 1. The molecule has 1 aliphatic rings. The van der Waals surface area contributed by atoms with E-state index in [1.807, 2.05) is 12.3 Å². The van der Waals surface area contributed by atoms with Crippen LogP contribution in [0.25, 0.3) is 0 Å². The molecule has 9 heteroatoms. The molecule has 7 nitrogen and oxygen atoms in total. The molecule has 2 atom stereocenters. The van der Waals surface area contributed by atoms with Crippen molar-refractivity contribution < 1.29 is 19.5 Å². The van der Waals surface area contributed by atoms with Crippen molar-refractivity contribution in [3.05, 3.63) is 33.5 Å². The van der Waals surface area contributed by atoms with Crippen LogP contribution in [0, 0.1) is 11.8 Å². The maximum absolute atomic E-state index is 12.4. The summed E-state index contributed by atoms with van der Waals surface area (Å²) in [5, 5.41) is 15.9. The molecule has 0 bridgehead atoms. The number of carbonyl (C=O) groups excluding carboxylic acids is 2. The van der Waals surface area contributed by atoms with Gasteiger partial charge in [-0.25, -0.2) is 4.98 Å². The third-order valence-electron chi connectivity index (χ3n) is 4.13. The minimum absolute atomic E-state index is 0.0578. The Hall–Kier alpha value is -2.26. The first-order chi connectivity index (χ1) is 11.9. The lowest BCUT2D eigenvalue weighted by molar-refractivity contribution is -0.142. The molecule has 2 amide bonds. The van der Waals surface area contributed by atoms with Gasteiger partial charge >= 0.3 is 5.97 Å². The van der Waals surface area contributed by atoms with E-state index in [1.165, 1.54) is 22.7 Å². The van der Waals surface area contributed by atoms with Gasteiger partial charge in [-0.2, -0.15) is 0 Å². The zero-order chi connectivity index (χ0) is 18.0. The van der Waals surface area contributed by atoms with Crippen LogP contribution in [0.15, 0.2) is 22.9 Å². The minimum Gasteiger partial charge on any atom is -0.481 e. The van der Waals surface area contributed by atoms with E-state index in [4.69, 9.17) is 5.11 Å². The number of aromatic nitrogens is 1. The number of nitrogens with zero attached hydrogens (tertiary/aromatic N) is 2. The van der Waals surface area contributed by atoms with Crippen LogP contribution in [0.5, 0.6) is 0 Å². The van der Waals surface area contributed by atoms with Gasteiger partial charge in [0.1, 0.15) is 0 Å². The topological polar surface area (TPSA) is 99.6 Å². The van der Waals surface area contributed by atoms with E-state index in [9.17, 15) is 14.4 Å². The highest BCUT2D eigenvalue weighted by Crippen LogP contribution is 2.24. The lowest BCUT2D eigenvalue weighted by Gasteiger charge is -2.14. The summed E-state index contributed by atoms with van der Waals surface area (Å²) in [6.07, 6.45) is 0.102. The fourth-order valence-electron chi connectivity index (χ4n) is 2.77. The first-order valence-corrected chi connectivity index (χ1v) is 9.50. The average Bonchev–Trinajstić information content (AvgIpc) is 3.27. The first-order valence-electron chi connectivity index (χ1n) is 7.74. The summed E-state index contributed by atoms with van der Waals surface area (Å²) in [7, 11) is 0. The normalized spacial score (nSPS) is 19.8. The van der Waals surface area contributed by atoms with Gasteiger partial charge in [0.2, 0.25) is 5.91 Å². The summed E-state index contributed by atoms with van der Waals surface area (Å²) in [4.78, 5) is 41.9. The second-order valence-corrected chi connectivity index (χ2v) is 7.78. The maximum Gasteiger partial charge on any atom is 0.308 e. The number of rotatable bonds is 5. The van der Waals surface area contributed by atoms with Crippen LogP contribution in [-0.2, 0) is 16.0 Å². The van der Waals surface area contributed by atoms with Crippen molar-refractivity contribution >= 4 is 45.6 Å². The average molecular weight is 379 g/mol. The Morgan fingerprint density at radius 2 is 2.16 bits per heavy atom. The molecule has 132 valence electrons. The predicted molar refractivity (Wildman–Crippen MR) is 95.0 cm³/mol. The summed E-state index contributed by atoms with van der Waals surface area (Å²) < 4.78 is 0. The summed E-state index contributed by atoms with van der Waals surface area (Å²) in [5.74, 6) is -1.80. The quantitative estimate of drug-likeness (QED) is 0.829. The number of hydrogen-bond donors (Lipinski definition) is 2. The van der Waals surface area contributed by atoms with Crippen LogP contribution >= 0.6 is 22.7 Å². The van der Waals surface area contributed by atoms with Gasteiger partial charge in [0, 0.05) is 18.5 Å². The number of carboxylic acids is 1. The lowest BCUT2D eigenvalue weighted by atomic mass is 9.99. The fraction of sp³-hybridized carbons (Fsp3) is 0.375. The molecule has 25 heavy (non-hydrogen) atoms. The predicted octanol–water partition coefficient (Wildman–Crippen LogP) is 2.18. The van der Waals surface area contributed by atoms with Crippen LogP contribution in [0.2, 0.25) is 0 Å². The van der Waals surface area contributed by atoms with Crippen molar-refractivity contribution in [3.8, 4) is 0 Å². The lowest BCUT2D eigenvalue weighted by Crippen LogP contribution is -2.31. The number of nitrogens with one attached hydrogen (secondary N) is 1.